The number of ketones is 2. The number of carbonyl (C=O) groups is 3. The van der Waals surface area contributed by atoms with Gasteiger partial charge in [0.05, 0.1) is 17.8 Å². The van der Waals surface area contributed by atoms with Gasteiger partial charge in [0.1, 0.15) is 28.5 Å². The van der Waals surface area contributed by atoms with Gasteiger partial charge in [-0.15, -0.1) is 0 Å². The molecule has 4 atom stereocenters. The van der Waals surface area contributed by atoms with E-state index in [0.717, 1.165) is 91.9 Å². The number of Topliss-reactive ketones (excluding diaryl/α,β-unsaturated/α-hetero) is 2. The fraction of sp³-hybridized carbons (Fsp3) is 0.240. The van der Waals surface area contributed by atoms with Gasteiger partial charge in [-0.25, -0.2) is 18.3 Å². The SMILES string of the molecule is CC(C)(C)OC(=O)N1CCC(c2cccc(F)c2)C(CC(=O)c2ccc3c(c2)c(-c2ccncc2)nn3C(c2ccccc2)(c2ccccc2)c2ccccc2)C1.O=C(CC1CNCCC1c1cccc(F)c1)c1ccc2c(c1)C(c1ccncc1)=NC2. The number of fused-ring (bicyclic) bond motifs is 2. The molecule has 0 saturated carbocycles. The lowest BCUT2D eigenvalue weighted by Crippen LogP contribution is -2.45. The second kappa shape index (κ2) is 25.8. The first-order chi connectivity index (χ1) is 42.8. The number of hydrogen-bond donors (Lipinski definition) is 1. The fourth-order valence-corrected chi connectivity index (χ4v) is 13.2. The van der Waals surface area contributed by atoms with E-state index in [1.54, 1.807) is 54.0 Å². The van der Waals surface area contributed by atoms with Crippen molar-refractivity contribution in [2.75, 3.05) is 26.2 Å². The van der Waals surface area contributed by atoms with Crippen molar-refractivity contribution >= 4 is 34.3 Å². The van der Waals surface area contributed by atoms with E-state index in [2.05, 4.69) is 97.8 Å². The monoisotopic (exact) mass is 1170 g/mol. The van der Waals surface area contributed by atoms with Gasteiger partial charge in [0.15, 0.2) is 11.6 Å². The van der Waals surface area contributed by atoms with E-state index in [0.29, 0.717) is 43.6 Å². The number of halogens is 2. The lowest BCUT2D eigenvalue weighted by Gasteiger charge is -2.39. The molecule has 0 bridgehead atoms. The zero-order valence-electron chi connectivity index (χ0n) is 49.6. The molecule has 0 aliphatic carbocycles. The van der Waals surface area contributed by atoms with E-state index in [-0.39, 0.29) is 53.3 Å². The Kier molecular flexibility index (Phi) is 17.2. The van der Waals surface area contributed by atoms with Crippen LogP contribution in [-0.4, -0.2) is 79.8 Å². The van der Waals surface area contributed by atoms with Gasteiger partial charge in [-0.2, -0.15) is 5.10 Å². The van der Waals surface area contributed by atoms with Crippen molar-refractivity contribution < 1.29 is 27.9 Å². The molecule has 3 aliphatic rings. The molecule has 0 radical (unpaired) electrons. The summed E-state index contributed by atoms with van der Waals surface area (Å²) in [7, 11) is 0. The Balaban J connectivity index is 0.000000204. The summed E-state index contributed by atoms with van der Waals surface area (Å²) in [6, 6.07) is 64.1. The molecule has 11 nitrogen and oxygen atoms in total. The zero-order valence-corrected chi connectivity index (χ0v) is 49.6. The molecule has 442 valence electrons. The van der Waals surface area contributed by atoms with Crippen molar-refractivity contribution in [3.8, 4) is 11.3 Å². The number of aliphatic imine (C=N–C) groups is 1. The zero-order chi connectivity index (χ0) is 60.8. The Labute approximate surface area is 512 Å². The summed E-state index contributed by atoms with van der Waals surface area (Å²) in [5, 5.41) is 9.70. The number of amides is 1. The smallest absolute Gasteiger partial charge is 0.410 e. The number of ether oxygens (including phenoxy) is 1. The Morgan fingerprint density at radius 1 is 0.591 bits per heavy atom. The van der Waals surface area contributed by atoms with Crippen LogP contribution in [0.15, 0.2) is 230 Å². The molecule has 1 amide bonds. The highest BCUT2D eigenvalue weighted by Gasteiger charge is 2.42. The first-order valence-electron chi connectivity index (χ1n) is 30.2. The summed E-state index contributed by atoms with van der Waals surface area (Å²) in [6.07, 6.45) is 8.69. The third-order valence-corrected chi connectivity index (χ3v) is 17.3. The molecule has 7 aromatic carbocycles. The van der Waals surface area contributed by atoms with Crippen LogP contribution in [0.1, 0.15) is 124 Å². The molecule has 1 N–H and O–H groups in total. The minimum Gasteiger partial charge on any atom is -0.444 e. The molecular weight excluding hydrogens is 1100 g/mol. The molecular formula is C75H69F2N7O4. The third kappa shape index (κ3) is 12.5. The van der Waals surface area contributed by atoms with E-state index < -0.39 is 17.2 Å². The van der Waals surface area contributed by atoms with Gasteiger partial charge < -0.3 is 15.0 Å². The summed E-state index contributed by atoms with van der Waals surface area (Å²) in [4.78, 5) is 55.8. The van der Waals surface area contributed by atoms with Crippen LogP contribution < -0.4 is 5.32 Å². The predicted molar refractivity (Wildman–Crippen MR) is 341 cm³/mol. The second-order valence-electron chi connectivity index (χ2n) is 24.1. The average molecular weight is 1170 g/mol. The first-order valence-corrected chi connectivity index (χ1v) is 30.2. The second-order valence-corrected chi connectivity index (χ2v) is 24.1. The number of likely N-dealkylation sites (tertiary alicyclic amines) is 1. The Morgan fingerprint density at radius 2 is 1.14 bits per heavy atom. The first kappa shape index (κ1) is 58.8. The van der Waals surface area contributed by atoms with E-state index in [9.17, 15) is 23.2 Å². The van der Waals surface area contributed by atoms with Crippen LogP contribution in [0.25, 0.3) is 22.2 Å². The van der Waals surface area contributed by atoms with Crippen LogP contribution in [0.5, 0.6) is 0 Å². The van der Waals surface area contributed by atoms with Gasteiger partial charge in [-0.3, -0.25) is 24.5 Å². The minimum atomic E-state index is -0.885. The molecule has 13 heteroatoms. The molecule has 2 saturated heterocycles. The number of rotatable bonds is 14. The summed E-state index contributed by atoms with van der Waals surface area (Å²) < 4.78 is 36.2. The largest absolute Gasteiger partial charge is 0.444 e. The van der Waals surface area contributed by atoms with Crippen LogP contribution in [0.2, 0.25) is 0 Å². The highest BCUT2D eigenvalue weighted by atomic mass is 19.1. The lowest BCUT2D eigenvalue weighted by atomic mass is 9.77. The van der Waals surface area contributed by atoms with Crippen LogP contribution >= 0.6 is 0 Å². The number of benzene rings is 7. The Bertz CT molecular complexity index is 4040. The van der Waals surface area contributed by atoms with Crippen molar-refractivity contribution in [1.29, 1.82) is 0 Å². The maximum absolute atomic E-state index is 14.6. The van der Waals surface area contributed by atoms with Crippen molar-refractivity contribution in [2.24, 2.45) is 16.8 Å². The van der Waals surface area contributed by atoms with Crippen molar-refractivity contribution in [3.63, 3.8) is 0 Å². The van der Waals surface area contributed by atoms with Crippen LogP contribution in [0.3, 0.4) is 0 Å². The summed E-state index contributed by atoms with van der Waals surface area (Å²) in [5.41, 5.74) is 11.2. The van der Waals surface area contributed by atoms with Crippen LogP contribution in [0.4, 0.5) is 13.6 Å². The number of piperidine rings is 2. The summed E-state index contributed by atoms with van der Waals surface area (Å²) in [5.74, 6) is -0.541. The van der Waals surface area contributed by atoms with E-state index in [4.69, 9.17) is 9.84 Å². The number of aromatic nitrogens is 4. The summed E-state index contributed by atoms with van der Waals surface area (Å²) in [6.45, 7) is 8.58. The Morgan fingerprint density at radius 3 is 1.72 bits per heavy atom. The standard InChI is InChI=1S/C49H45FN4O3.C26H24FN3O/c1-48(2,3)57-47(56)53-29-26-42(35-14-13-21-41(50)30-35)37(33-53)32-45(55)36-22-23-44-43(31-36)46(34-24-27-51-28-25-34)52-54(44)49(38-15-7-4-8-16-38,39-17-9-5-10-18-39)40-19-11-6-12-20-40;27-22-3-1-2-18(12-22)23-8-11-29-15-21(23)14-25(31)19-4-5-20-16-30-26(24(20)13-19)17-6-9-28-10-7-17/h4-25,27-28,30-31,37,42H,26,29,32-33H2,1-3H3;1-7,9-10,12-13,21,23,29H,8,11,14-16H2. The molecule has 0 spiro atoms. The van der Waals surface area contributed by atoms with Gasteiger partial charge in [-0.1, -0.05) is 127 Å². The van der Waals surface area contributed by atoms with Crippen LogP contribution in [-0.2, 0) is 16.8 Å². The van der Waals surface area contributed by atoms with E-state index in [1.807, 2.05) is 112 Å². The van der Waals surface area contributed by atoms with Crippen molar-refractivity contribution in [3.05, 3.63) is 292 Å². The number of nitrogens with one attached hydrogen (secondary N) is 1. The number of nitrogens with zero attached hydrogens (tertiary/aromatic N) is 6. The molecule has 13 rings (SSSR count). The molecule has 3 aliphatic heterocycles. The van der Waals surface area contributed by atoms with Crippen molar-refractivity contribution in [1.82, 2.24) is 30.0 Å². The highest BCUT2D eigenvalue weighted by Crippen LogP contribution is 2.45. The summed E-state index contributed by atoms with van der Waals surface area (Å²) >= 11 is 0. The molecule has 88 heavy (non-hydrogen) atoms. The van der Waals surface area contributed by atoms with Gasteiger partial charge in [0.2, 0.25) is 0 Å². The van der Waals surface area contributed by atoms with Gasteiger partial charge in [-0.05, 0) is 177 Å². The number of hydrogen-bond acceptors (Lipinski definition) is 9. The molecule has 2 fully saturated rings. The minimum absolute atomic E-state index is 0.0665. The normalized spacial score (nSPS) is 17.5. The lowest BCUT2D eigenvalue weighted by molar-refractivity contribution is 0.0138. The third-order valence-electron chi connectivity index (χ3n) is 17.3. The van der Waals surface area contributed by atoms with Gasteiger partial charge >= 0.3 is 6.09 Å². The molecule has 4 unspecified atom stereocenters. The molecule has 6 heterocycles. The van der Waals surface area contributed by atoms with Gasteiger partial charge in [0, 0.05) is 83.9 Å². The Hall–Kier alpha value is -9.59. The topological polar surface area (TPSA) is 132 Å². The fourth-order valence-electron chi connectivity index (χ4n) is 13.2. The van der Waals surface area contributed by atoms with E-state index in [1.165, 1.54) is 12.1 Å². The van der Waals surface area contributed by atoms with Crippen molar-refractivity contribution in [2.45, 2.75) is 76.0 Å². The quantitative estimate of drug-likeness (QED) is 0.0841. The van der Waals surface area contributed by atoms with E-state index >= 15 is 0 Å². The highest BCUT2D eigenvalue weighted by molar-refractivity contribution is 6.16. The maximum Gasteiger partial charge on any atom is 0.410 e. The number of pyridine rings is 2. The van der Waals surface area contributed by atoms with Crippen LogP contribution in [0, 0.1) is 23.5 Å². The van der Waals surface area contributed by atoms with Gasteiger partial charge in [0.25, 0.3) is 0 Å². The molecule has 3 aromatic heterocycles. The maximum atomic E-state index is 14.6. The number of carbonyl (C=O) groups excluding carboxylic acids is 3. The molecule has 10 aromatic rings. The average Bonchev–Trinajstić information content (AvgIpc) is 1.46. The predicted octanol–water partition coefficient (Wildman–Crippen LogP) is 15.2.